The quantitative estimate of drug-likeness (QED) is 0.0571. The minimum Gasteiger partial charge on any atom is -0.490 e. The molecular formula is C49H56N6O12S. The number of carbonyl (C=O) groups excluding carboxylic acids is 5. The van der Waals surface area contributed by atoms with E-state index in [0.29, 0.717) is 71.5 Å². The van der Waals surface area contributed by atoms with Gasteiger partial charge in [-0.1, -0.05) is 30.0 Å². The highest BCUT2D eigenvalue weighted by molar-refractivity contribution is 7.15. The lowest BCUT2D eigenvalue weighted by Gasteiger charge is -2.31. The number of pyridine rings is 1. The lowest BCUT2D eigenvalue weighted by molar-refractivity contribution is -0.136. The van der Waals surface area contributed by atoms with Crippen molar-refractivity contribution in [1.29, 1.82) is 0 Å². The Bertz CT molecular complexity index is 2510. The summed E-state index contributed by atoms with van der Waals surface area (Å²) < 4.78 is 34.2. The van der Waals surface area contributed by atoms with Crippen LogP contribution in [0.4, 0.5) is 5.82 Å². The van der Waals surface area contributed by atoms with E-state index in [0.717, 1.165) is 44.3 Å². The monoisotopic (exact) mass is 952 g/mol. The number of ether oxygens (including phenoxy) is 6. The van der Waals surface area contributed by atoms with Gasteiger partial charge in [-0.15, -0.1) is 11.3 Å². The van der Waals surface area contributed by atoms with Gasteiger partial charge >= 0.3 is 0 Å². The van der Waals surface area contributed by atoms with Crippen LogP contribution in [0.3, 0.4) is 0 Å². The van der Waals surface area contributed by atoms with Gasteiger partial charge in [0, 0.05) is 48.9 Å². The summed E-state index contributed by atoms with van der Waals surface area (Å²) in [5.41, 5.74) is 7.86. The van der Waals surface area contributed by atoms with E-state index in [-0.39, 0.29) is 67.2 Å². The van der Waals surface area contributed by atoms with Gasteiger partial charge < -0.3 is 44.2 Å². The number of aliphatic hydroxyl groups is 1. The molecule has 0 aliphatic carbocycles. The molecule has 7 rings (SSSR count). The van der Waals surface area contributed by atoms with Gasteiger partial charge in [0.15, 0.2) is 11.6 Å². The number of likely N-dealkylation sites (tertiary alicyclic amines) is 1. The molecule has 2 aromatic carbocycles. The number of carbonyl (C=O) groups is 5. The number of imide groups is 2. The zero-order valence-electron chi connectivity index (χ0n) is 38.2. The minimum absolute atomic E-state index is 0.0395. The van der Waals surface area contributed by atoms with E-state index >= 15 is 0 Å². The van der Waals surface area contributed by atoms with E-state index in [9.17, 15) is 29.1 Å². The highest BCUT2D eigenvalue weighted by atomic mass is 32.1. The number of anilines is 1. The number of rotatable bonds is 22. The summed E-state index contributed by atoms with van der Waals surface area (Å²) in [4.78, 5) is 75.9. The Kier molecular flexibility index (Phi) is 17.3. The maximum absolute atomic E-state index is 13.2. The first-order valence-corrected chi connectivity index (χ1v) is 23.4. The minimum atomic E-state index is -1.08. The first-order valence-electron chi connectivity index (χ1n) is 22.6. The van der Waals surface area contributed by atoms with Gasteiger partial charge in [0.1, 0.15) is 30.6 Å². The second kappa shape index (κ2) is 23.6. The third-order valence-electron chi connectivity index (χ3n) is 11.2. The summed E-state index contributed by atoms with van der Waals surface area (Å²) in [6.45, 7) is 7.58. The number of piperidine rings is 2. The Balaban J connectivity index is 0.704. The lowest BCUT2D eigenvalue weighted by Crippen LogP contribution is -2.54. The van der Waals surface area contributed by atoms with Gasteiger partial charge in [0.2, 0.25) is 17.7 Å². The Labute approximate surface area is 398 Å². The third-order valence-corrected chi connectivity index (χ3v) is 12.4. The van der Waals surface area contributed by atoms with Crippen LogP contribution in [0.1, 0.15) is 88.7 Å². The molecule has 5 heterocycles. The molecule has 0 radical (unpaired) electrons. The Morgan fingerprint density at radius 3 is 2.24 bits per heavy atom. The van der Waals surface area contributed by atoms with Crippen LogP contribution in [0.25, 0.3) is 10.4 Å². The molecule has 68 heavy (non-hydrogen) atoms. The number of fused-ring (bicyclic) bond motifs is 1. The number of nitrogen functional groups attached to an aromatic ring is 1. The van der Waals surface area contributed by atoms with Crippen molar-refractivity contribution in [2.75, 3.05) is 78.3 Å². The number of aromatic nitrogens is 2. The Morgan fingerprint density at radius 1 is 0.838 bits per heavy atom. The molecule has 4 N–H and O–H groups in total. The topological polar surface area (TPSA) is 231 Å². The summed E-state index contributed by atoms with van der Waals surface area (Å²) in [7, 11) is 0. The Hall–Kier alpha value is -6.27. The van der Waals surface area contributed by atoms with Crippen molar-refractivity contribution in [2.24, 2.45) is 0 Å². The van der Waals surface area contributed by atoms with E-state index in [4.69, 9.17) is 39.1 Å². The SMILES string of the molecule is CC(C)(O)C#Cc1cccc(COc2cc(-c3cnc(C4CCN(C(=O)CCOCCOCCOCCOCCOc5cccc6c5C(=O)N(C5CCC(=O)NC5=O)C6=O)CC4)s3)cnc2N)c1. The molecule has 360 valence electrons. The molecular weight excluding hydrogens is 897 g/mol. The Morgan fingerprint density at radius 2 is 1.53 bits per heavy atom. The summed E-state index contributed by atoms with van der Waals surface area (Å²) in [6.07, 6.45) is 5.62. The molecule has 1 atom stereocenters. The van der Waals surface area contributed by atoms with E-state index in [1.54, 1.807) is 43.5 Å². The van der Waals surface area contributed by atoms with Crippen molar-refractivity contribution in [3.63, 3.8) is 0 Å². The van der Waals surface area contributed by atoms with Crippen molar-refractivity contribution in [3.8, 4) is 33.8 Å². The van der Waals surface area contributed by atoms with Crippen LogP contribution in [-0.4, -0.2) is 139 Å². The number of thiazole rings is 1. The van der Waals surface area contributed by atoms with Gasteiger partial charge in [-0.2, -0.15) is 0 Å². The largest absolute Gasteiger partial charge is 0.490 e. The lowest BCUT2D eigenvalue weighted by atomic mass is 9.97. The van der Waals surface area contributed by atoms with Crippen molar-refractivity contribution in [2.45, 2.75) is 70.1 Å². The molecule has 1 unspecified atom stereocenters. The van der Waals surface area contributed by atoms with Crippen molar-refractivity contribution >= 4 is 46.7 Å². The molecule has 19 heteroatoms. The zero-order valence-corrected chi connectivity index (χ0v) is 39.0. The molecule has 0 saturated carbocycles. The van der Waals surface area contributed by atoms with Gasteiger partial charge in [-0.25, -0.2) is 9.97 Å². The normalized spacial score (nSPS) is 16.4. The van der Waals surface area contributed by atoms with Crippen molar-refractivity contribution in [3.05, 3.63) is 88.2 Å². The number of nitrogens with zero attached hydrogens (tertiary/aromatic N) is 4. The second-order valence-electron chi connectivity index (χ2n) is 16.8. The number of hydrogen-bond acceptors (Lipinski definition) is 16. The summed E-state index contributed by atoms with van der Waals surface area (Å²) in [5.74, 6) is 4.76. The number of amides is 5. The van der Waals surface area contributed by atoms with Gasteiger partial charge in [-0.05, 0) is 69.0 Å². The van der Waals surface area contributed by atoms with Gasteiger partial charge in [0.25, 0.3) is 11.8 Å². The van der Waals surface area contributed by atoms with Crippen molar-refractivity contribution < 1.29 is 57.5 Å². The van der Waals surface area contributed by atoms with E-state index in [1.807, 2.05) is 41.4 Å². The summed E-state index contributed by atoms with van der Waals surface area (Å²) in [5, 5.41) is 13.1. The average Bonchev–Trinajstić information content (AvgIpc) is 3.92. The van der Waals surface area contributed by atoms with Crippen LogP contribution in [0.5, 0.6) is 11.5 Å². The van der Waals surface area contributed by atoms with Crippen LogP contribution in [0.2, 0.25) is 0 Å². The predicted molar refractivity (Wildman–Crippen MR) is 249 cm³/mol. The van der Waals surface area contributed by atoms with Gasteiger partial charge in [-0.3, -0.25) is 34.2 Å². The van der Waals surface area contributed by atoms with E-state index in [1.165, 1.54) is 6.07 Å². The molecule has 2 aromatic heterocycles. The first kappa shape index (κ1) is 49.6. The standard InChI is InChI=1S/C49H56N6O12S/c1-49(2,61)15-11-32-5-3-6-33(27-32)31-67-39-28-35(29-51-44(39)50)40-30-52-46(68-40)34-12-16-54(17-13-34)42(57)14-18-62-19-20-63-21-22-64-23-24-65-25-26-66-38-8-4-7-36-43(38)48(60)55(47(36)59)37-9-10-41(56)53-45(37)58/h3-8,27-30,34,37,61H,9-10,12-14,16-26,31H2,1-2H3,(H2,50,51)(H,53,56,58). The van der Waals surface area contributed by atoms with Crippen LogP contribution < -0.4 is 20.5 Å². The fourth-order valence-corrected chi connectivity index (χ4v) is 8.78. The van der Waals surface area contributed by atoms with Crippen LogP contribution in [-0.2, 0) is 39.9 Å². The number of hydrogen-bond donors (Lipinski definition) is 3. The van der Waals surface area contributed by atoms with Crippen molar-refractivity contribution in [1.82, 2.24) is 25.1 Å². The molecule has 2 fully saturated rings. The molecule has 0 spiro atoms. The first-order chi connectivity index (χ1) is 32.8. The maximum atomic E-state index is 13.2. The number of nitrogens with two attached hydrogens (primary N) is 1. The molecule has 3 aliphatic heterocycles. The highest BCUT2D eigenvalue weighted by Crippen LogP contribution is 2.37. The molecule has 18 nitrogen and oxygen atoms in total. The van der Waals surface area contributed by atoms with Crippen LogP contribution >= 0.6 is 11.3 Å². The highest BCUT2D eigenvalue weighted by Gasteiger charge is 2.46. The number of nitrogens with one attached hydrogen (secondary N) is 1. The van der Waals surface area contributed by atoms with E-state index < -0.39 is 35.3 Å². The fraction of sp³-hybridized carbons (Fsp3) is 0.449. The summed E-state index contributed by atoms with van der Waals surface area (Å²) in [6, 6.07) is 13.1. The van der Waals surface area contributed by atoms with Crippen LogP contribution in [0.15, 0.2) is 60.9 Å². The smallest absolute Gasteiger partial charge is 0.266 e. The molecule has 5 amide bonds. The zero-order chi connectivity index (χ0) is 48.0. The molecule has 3 aliphatic rings. The second-order valence-corrected chi connectivity index (χ2v) is 17.9. The van der Waals surface area contributed by atoms with Crippen LogP contribution in [0, 0.1) is 11.8 Å². The molecule has 4 aromatic rings. The van der Waals surface area contributed by atoms with E-state index in [2.05, 4.69) is 22.1 Å². The number of benzene rings is 2. The predicted octanol–water partition coefficient (Wildman–Crippen LogP) is 4.13. The summed E-state index contributed by atoms with van der Waals surface area (Å²) >= 11 is 1.61. The van der Waals surface area contributed by atoms with Gasteiger partial charge in [0.05, 0.1) is 80.3 Å². The maximum Gasteiger partial charge on any atom is 0.266 e. The fourth-order valence-electron chi connectivity index (χ4n) is 7.71. The molecule has 2 saturated heterocycles. The third kappa shape index (κ3) is 13.5. The average molecular weight is 953 g/mol. The molecule has 0 bridgehead atoms.